The van der Waals surface area contributed by atoms with Crippen LogP contribution in [0.15, 0.2) is 16.7 Å². The van der Waals surface area contributed by atoms with Crippen molar-refractivity contribution in [3.8, 4) is 11.1 Å². The first-order valence-corrected chi connectivity index (χ1v) is 21.8. The highest BCUT2D eigenvalue weighted by Gasteiger charge is 2.45. The number of pyridine rings is 1. The second-order valence-electron chi connectivity index (χ2n) is 15.1. The number of nitrogens with zero attached hydrogens (tertiary/aromatic N) is 4. The third-order valence-electron chi connectivity index (χ3n) is 10.4. The summed E-state index contributed by atoms with van der Waals surface area (Å²) >= 11 is 6.83. The number of carbonyl (C=O) groups is 2. The maximum absolute atomic E-state index is 14.5. The van der Waals surface area contributed by atoms with Gasteiger partial charge in [-0.3, -0.25) is 9.59 Å². The molecule has 0 bridgehead atoms. The minimum atomic E-state index is -1.19. The number of halogens is 1. The van der Waals surface area contributed by atoms with Crippen LogP contribution < -0.4 is 11.1 Å². The van der Waals surface area contributed by atoms with Crippen LogP contribution in [0.2, 0.25) is 30.8 Å². The Morgan fingerprint density at radius 2 is 1.65 bits per heavy atom. The zero-order valence-corrected chi connectivity index (χ0v) is 31.3. The molecule has 262 valence electrons. The quantitative estimate of drug-likeness (QED) is 0.104. The molecule has 3 aromatic heterocycles. The summed E-state index contributed by atoms with van der Waals surface area (Å²) in [6, 6.07) is 4.74. The fraction of sp³-hybridized carbons (Fsp3) is 0.639. The molecule has 1 unspecified atom stereocenters. The van der Waals surface area contributed by atoms with Crippen LogP contribution in [0.1, 0.15) is 103 Å². The standard InChI is InChI=1S/C36H53ClN6O4Si/c1-22-29(24(3)43(41-22)21-46-19-20-48(4,5)6)27-17-18-28(39-34(27)37)40-36(45)32(33-30(35(38)44)23(2)42-47-33)31(25-13-9-7-10-14-25)26-15-11-8-12-16-26/h17-18,25-26,31-32H,7-16,19-21H2,1-6H3,(H2,38,44)(H,39,40,45). The second kappa shape index (κ2) is 15.7. The Balaban J connectivity index is 1.43. The lowest BCUT2D eigenvalue weighted by atomic mass is 9.63. The van der Waals surface area contributed by atoms with Crippen molar-refractivity contribution in [3.63, 3.8) is 0 Å². The number of hydrogen-bond donors (Lipinski definition) is 2. The van der Waals surface area contributed by atoms with Gasteiger partial charge in [-0.05, 0) is 56.7 Å². The molecule has 2 aliphatic carbocycles. The number of amides is 2. The van der Waals surface area contributed by atoms with Gasteiger partial charge in [-0.25, -0.2) is 9.67 Å². The first-order valence-electron chi connectivity index (χ1n) is 17.7. The van der Waals surface area contributed by atoms with E-state index in [2.05, 4.69) is 35.1 Å². The molecule has 12 heteroatoms. The smallest absolute Gasteiger partial charge is 0.254 e. The Morgan fingerprint density at radius 1 is 1.02 bits per heavy atom. The molecule has 3 N–H and O–H groups in total. The van der Waals surface area contributed by atoms with Gasteiger partial charge < -0.3 is 20.3 Å². The minimum absolute atomic E-state index is 0.00473. The van der Waals surface area contributed by atoms with Crippen LogP contribution in [-0.4, -0.2) is 46.4 Å². The number of ether oxygens (including phenoxy) is 1. The van der Waals surface area contributed by atoms with Crippen molar-refractivity contribution in [2.24, 2.45) is 23.5 Å². The van der Waals surface area contributed by atoms with Crippen LogP contribution in [-0.2, 0) is 16.3 Å². The number of rotatable bonds is 13. The Hall–Kier alpha value is -3.02. The van der Waals surface area contributed by atoms with E-state index in [0.29, 0.717) is 36.7 Å². The molecule has 0 aliphatic heterocycles. The lowest BCUT2D eigenvalue weighted by Crippen LogP contribution is -2.39. The van der Waals surface area contributed by atoms with Crippen LogP contribution in [0, 0.1) is 38.5 Å². The lowest BCUT2D eigenvalue weighted by molar-refractivity contribution is -0.121. The molecule has 1 atom stereocenters. The Bertz CT molecular complexity index is 1570. The van der Waals surface area contributed by atoms with Gasteiger partial charge in [-0.1, -0.05) is 101 Å². The number of anilines is 1. The molecule has 0 saturated heterocycles. The number of hydrogen-bond acceptors (Lipinski definition) is 7. The third kappa shape index (κ3) is 8.39. The summed E-state index contributed by atoms with van der Waals surface area (Å²) in [5, 5.41) is 12.2. The van der Waals surface area contributed by atoms with Gasteiger partial charge in [0.2, 0.25) is 5.91 Å². The number of aryl methyl sites for hydroxylation is 2. The average molecular weight is 697 g/mol. The van der Waals surface area contributed by atoms with Gasteiger partial charge >= 0.3 is 0 Å². The highest BCUT2D eigenvalue weighted by molar-refractivity contribution is 6.76. The number of primary amides is 1. The zero-order valence-electron chi connectivity index (χ0n) is 29.5. The largest absolute Gasteiger partial charge is 0.365 e. The van der Waals surface area contributed by atoms with E-state index in [0.717, 1.165) is 79.9 Å². The molecule has 5 rings (SSSR count). The Kier molecular flexibility index (Phi) is 11.8. The van der Waals surface area contributed by atoms with Crippen molar-refractivity contribution in [1.82, 2.24) is 19.9 Å². The van der Waals surface area contributed by atoms with Gasteiger partial charge in [0.1, 0.15) is 29.2 Å². The van der Waals surface area contributed by atoms with Crippen molar-refractivity contribution in [2.45, 2.75) is 123 Å². The van der Waals surface area contributed by atoms with Gasteiger partial charge in [-0.2, -0.15) is 5.10 Å². The number of aromatic nitrogens is 4. The summed E-state index contributed by atoms with van der Waals surface area (Å²) in [6.45, 7) is 13.7. The maximum atomic E-state index is 14.5. The van der Waals surface area contributed by atoms with Crippen molar-refractivity contribution < 1.29 is 18.8 Å². The van der Waals surface area contributed by atoms with Crippen molar-refractivity contribution in [2.75, 3.05) is 11.9 Å². The average Bonchev–Trinajstić information content (AvgIpc) is 3.56. The molecule has 3 heterocycles. The van der Waals surface area contributed by atoms with Crippen LogP contribution in [0.25, 0.3) is 11.1 Å². The number of nitrogens with one attached hydrogen (secondary N) is 1. The lowest BCUT2D eigenvalue weighted by Gasteiger charge is -2.41. The van der Waals surface area contributed by atoms with Crippen molar-refractivity contribution in [1.29, 1.82) is 0 Å². The maximum Gasteiger partial charge on any atom is 0.254 e. The van der Waals surface area contributed by atoms with E-state index in [1.165, 1.54) is 12.8 Å². The van der Waals surface area contributed by atoms with Gasteiger partial charge in [0.05, 0.1) is 11.4 Å². The van der Waals surface area contributed by atoms with E-state index >= 15 is 0 Å². The van der Waals surface area contributed by atoms with Gasteiger partial charge in [-0.15, -0.1) is 0 Å². The van der Waals surface area contributed by atoms with Gasteiger partial charge in [0.15, 0.2) is 5.76 Å². The Labute approximate surface area is 290 Å². The van der Waals surface area contributed by atoms with Crippen LogP contribution in [0.4, 0.5) is 5.82 Å². The van der Waals surface area contributed by atoms with Crippen LogP contribution in [0.3, 0.4) is 0 Å². The normalized spacial score (nSPS) is 17.2. The van der Waals surface area contributed by atoms with E-state index in [9.17, 15) is 9.59 Å². The van der Waals surface area contributed by atoms with E-state index < -0.39 is 19.9 Å². The molecular weight excluding hydrogens is 644 g/mol. The highest BCUT2D eigenvalue weighted by atomic mass is 35.5. The van der Waals surface area contributed by atoms with E-state index in [1.807, 2.05) is 24.6 Å². The monoisotopic (exact) mass is 696 g/mol. The first-order chi connectivity index (χ1) is 22.9. The summed E-state index contributed by atoms with van der Waals surface area (Å²) in [4.78, 5) is 31.9. The molecule has 2 amide bonds. The molecule has 0 spiro atoms. The number of nitrogens with two attached hydrogens (primary N) is 1. The summed E-state index contributed by atoms with van der Waals surface area (Å²) in [5.41, 5.74) is 9.86. The van der Waals surface area contributed by atoms with E-state index in [4.69, 9.17) is 31.7 Å². The summed E-state index contributed by atoms with van der Waals surface area (Å²) in [5.74, 6) is -0.369. The van der Waals surface area contributed by atoms with Crippen LogP contribution in [0.5, 0.6) is 0 Å². The van der Waals surface area contributed by atoms with Crippen molar-refractivity contribution in [3.05, 3.63) is 45.7 Å². The predicted molar refractivity (Wildman–Crippen MR) is 192 cm³/mol. The topological polar surface area (TPSA) is 138 Å². The number of carbonyl (C=O) groups excluding carboxylic acids is 2. The van der Waals surface area contributed by atoms with Gasteiger partial charge in [0.25, 0.3) is 5.91 Å². The third-order valence-corrected chi connectivity index (χ3v) is 12.4. The molecular formula is C36H53ClN6O4Si. The van der Waals surface area contributed by atoms with Crippen LogP contribution >= 0.6 is 11.6 Å². The predicted octanol–water partition coefficient (Wildman–Crippen LogP) is 8.42. The first kappa shape index (κ1) is 36.3. The molecule has 10 nitrogen and oxygen atoms in total. The summed E-state index contributed by atoms with van der Waals surface area (Å²) < 4.78 is 13.7. The minimum Gasteiger partial charge on any atom is -0.365 e. The Morgan fingerprint density at radius 3 is 2.21 bits per heavy atom. The van der Waals surface area contributed by atoms with Crippen molar-refractivity contribution >= 4 is 37.3 Å². The molecule has 0 radical (unpaired) electrons. The van der Waals surface area contributed by atoms with E-state index in [1.54, 1.807) is 13.0 Å². The molecule has 3 aromatic rings. The van der Waals surface area contributed by atoms with Gasteiger partial charge in [0, 0.05) is 31.5 Å². The highest BCUT2D eigenvalue weighted by Crippen LogP contribution is 2.48. The fourth-order valence-corrected chi connectivity index (χ4v) is 8.98. The molecule has 2 fully saturated rings. The fourth-order valence-electron chi connectivity index (χ4n) is 7.97. The molecule has 0 aromatic carbocycles. The SMILES string of the molecule is Cc1noc(C(C(=O)Nc2ccc(-c3c(C)nn(COCC[Si](C)(C)C)c3C)c(Cl)n2)C(C2CCCCC2)C2CCCCC2)c1C(N)=O. The molecule has 48 heavy (non-hydrogen) atoms. The van der Waals surface area contributed by atoms with E-state index in [-0.39, 0.29) is 28.3 Å². The summed E-state index contributed by atoms with van der Waals surface area (Å²) in [7, 11) is -1.19. The molecule has 2 saturated carbocycles. The summed E-state index contributed by atoms with van der Waals surface area (Å²) in [6.07, 6.45) is 11.2. The zero-order chi connectivity index (χ0) is 34.6. The molecule has 2 aliphatic rings. The second-order valence-corrected chi connectivity index (χ2v) is 21.1.